The van der Waals surface area contributed by atoms with Crippen LogP contribution in [0, 0.1) is 5.82 Å². The molecule has 1 aliphatic rings. The van der Waals surface area contributed by atoms with E-state index >= 15 is 0 Å². The zero-order valence-corrected chi connectivity index (χ0v) is 14.0. The number of halogens is 2. The number of hydrogen-bond donors (Lipinski definition) is 0. The van der Waals surface area contributed by atoms with Gasteiger partial charge < -0.3 is 9.47 Å². The van der Waals surface area contributed by atoms with Crippen LogP contribution in [0.4, 0.5) is 4.39 Å². The van der Waals surface area contributed by atoms with Gasteiger partial charge in [0.1, 0.15) is 11.6 Å². The van der Waals surface area contributed by atoms with Crippen LogP contribution in [0.5, 0.6) is 5.75 Å². The lowest BCUT2D eigenvalue weighted by atomic mass is 10.1. The first kappa shape index (κ1) is 15.3. The molecule has 4 rings (SSSR count). The van der Waals surface area contributed by atoms with Gasteiger partial charge in [-0.05, 0) is 30.3 Å². The maximum atomic E-state index is 13.8. The third kappa shape index (κ3) is 2.70. The van der Waals surface area contributed by atoms with Gasteiger partial charge in [0, 0.05) is 15.6 Å². The summed E-state index contributed by atoms with van der Waals surface area (Å²) in [5.74, 6) is 0.186. The highest BCUT2D eigenvalue weighted by molar-refractivity contribution is 9.10. The number of hydrogen-bond acceptors (Lipinski definition) is 4. The molecule has 0 radical (unpaired) electrons. The third-order valence-corrected chi connectivity index (χ3v) is 4.37. The molecule has 3 aromatic rings. The lowest BCUT2D eigenvalue weighted by Crippen LogP contribution is -2.22. The van der Waals surface area contributed by atoms with E-state index in [1.807, 2.05) is 6.07 Å². The molecule has 0 amide bonds. The Hall–Kier alpha value is -2.25. The summed E-state index contributed by atoms with van der Waals surface area (Å²) >= 11 is 3.36. The van der Waals surface area contributed by atoms with Crippen molar-refractivity contribution in [2.75, 3.05) is 6.79 Å². The van der Waals surface area contributed by atoms with E-state index in [1.165, 1.54) is 23.0 Å². The maximum absolute atomic E-state index is 13.8. The van der Waals surface area contributed by atoms with Crippen LogP contribution in [0.1, 0.15) is 11.1 Å². The summed E-state index contributed by atoms with van der Waals surface area (Å²) in [7, 11) is 0. The molecule has 0 N–H and O–H groups in total. The number of ether oxygens (including phenoxy) is 2. The zero-order chi connectivity index (χ0) is 16.7. The molecule has 2 aromatic carbocycles. The Balaban J connectivity index is 1.82. The van der Waals surface area contributed by atoms with Crippen LogP contribution in [-0.4, -0.2) is 16.3 Å². The molecule has 0 spiro atoms. The fourth-order valence-electron chi connectivity index (χ4n) is 2.80. The van der Waals surface area contributed by atoms with Crippen molar-refractivity contribution in [2.45, 2.75) is 13.2 Å². The molecule has 5 nitrogen and oxygen atoms in total. The van der Waals surface area contributed by atoms with Gasteiger partial charge in [0.25, 0.3) is 5.56 Å². The number of benzene rings is 2. The Bertz CT molecular complexity index is 1000. The molecule has 0 unspecified atom stereocenters. The molecule has 1 aliphatic heterocycles. The predicted octanol–water partition coefficient (Wildman–Crippen LogP) is 3.21. The molecule has 0 fully saturated rings. The average Bonchev–Trinajstić information content (AvgIpc) is 2.57. The monoisotopic (exact) mass is 390 g/mol. The van der Waals surface area contributed by atoms with Crippen molar-refractivity contribution in [3.63, 3.8) is 0 Å². The van der Waals surface area contributed by atoms with Gasteiger partial charge in [-0.25, -0.2) is 9.37 Å². The average molecular weight is 391 g/mol. The second-order valence-electron chi connectivity index (χ2n) is 5.50. The Morgan fingerprint density at radius 1 is 1.29 bits per heavy atom. The summed E-state index contributed by atoms with van der Waals surface area (Å²) in [5.41, 5.74) is 1.66. The first-order valence-corrected chi connectivity index (χ1v) is 8.07. The van der Waals surface area contributed by atoms with Crippen LogP contribution in [0.2, 0.25) is 0 Å². The molecular weight excluding hydrogens is 379 g/mol. The van der Waals surface area contributed by atoms with Gasteiger partial charge in [-0.1, -0.05) is 15.9 Å². The van der Waals surface area contributed by atoms with E-state index in [0.29, 0.717) is 27.8 Å². The quantitative estimate of drug-likeness (QED) is 0.673. The molecule has 122 valence electrons. The van der Waals surface area contributed by atoms with Crippen LogP contribution < -0.4 is 10.3 Å². The predicted molar refractivity (Wildman–Crippen MR) is 89.5 cm³/mol. The van der Waals surface area contributed by atoms with E-state index in [1.54, 1.807) is 12.1 Å². The minimum absolute atomic E-state index is 0.115. The highest BCUT2D eigenvalue weighted by atomic mass is 79.9. The smallest absolute Gasteiger partial charge is 0.261 e. The highest BCUT2D eigenvalue weighted by Crippen LogP contribution is 2.29. The van der Waals surface area contributed by atoms with Crippen LogP contribution in [0.15, 0.2) is 45.9 Å². The topological polar surface area (TPSA) is 53.4 Å². The van der Waals surface area contributed by atoms with Crippen LogP contribution >= 0.6 is 15.9 Å². The van der Waals surface area contributed by atoms with Crippen molar-refractivity contribution >= 4 is 26.8 Å². The molecule has 0 saturated heterocycles. The van der Waals surface area contributed by atoms with Crippen molar-refractivity contribution in [3.05, 3.63) is 68.4 Å². The minimum Gasteiger partial charge on any atom is -0.467 e. The van der Waals surface area contributed by atoms with E-state index < -0.39 is 0 Å². The van der Waals surface area contributed by atoms with Crippen molar-refractivity contribution < 1.29 is 13.9 Å². The Labute approximate surface area is 144 Å². The van der Waals surface area contributed by atoms with E-state index in [9.17, 15) is 9.18 Å². The zero-order valence-electron chi connectivity index (χ0n) is 12.5. The molecule has 24 heavy (non-hydrogen) atoms. The summed E-state index contributed by atoms with van der Waals surface area (Å²) in [5, 5.41) is 0.501. The minimum atomic E-state index is -0.387. The van der Waals surface area contributed by atoms with E-state index in [2.05, 4.69) is 20.9 Å². The third-order valence-electron chi connectivity index (χ3n) is 3.88. The van der Waals surface area contributed by atoms with Crippen molar-refractivity contribution in [3.8, 4) is 5.75 Å². The van der Waals surface area contributed by atoms with Gasteiger partial charge in [0.15, 0.2) is 6.79 Å². The maximum Gasteiger partial charge on any atom is 0.261 e. The molecule has 0 atom stereocenters. The number of fused-ring (bicyclic) bond motifs is 2. The van der Waals surface area contributed by atoms with E-state index in [-0.39, 0.29) is 31.3 Å². The van der Waals surface area contributed by atoms with Crippen molar-refractivity contribution in [2.24, 2.45) is 0 Å². The van der Waals surface area contributed by atoms with E-state index in [4.69, 9.17) is 9.47 Å². The molecule has 7 heteroatoms. The second-order valence-corrected chi connectivity index (χ2v) is 6.42. The van der Waals surface area contributed by atoms with Gasteiger partial charge in [-0.15, -0.1) is 0 Å². The molecule has 0 aliphatic carbocycles. The fourth-order valence-corrected chi connectivity index (χ4v) is 3.16. The summed E-state index contributed by atoms with van der Waals surface area (Å²) in [6.07, 6.45) is 1.47. The Morgan fingerprint density at radius 3 is 3.04 bits per heavy atom. The van der Waals surface area contributed by atoms with Crippen molar-refractivity contribution in [1.29, 1.82) is 0 Å². The first-order valence-electron chi connectivity index (χ1n) is 7.28. The van der Waals surface area contributed by atoms with Crippen LogP contribution in [0.3, 0.4) is 0 Å². The van der Waals surface area contributed by atoms with Gasteiger partial charge in [0.2, 0.25) is 0 Å². The van der Waals surface area contributed by atoms with Gasteiger partial charge in [-0.2, -0.15) is 0 Å². The largest absolute Gasteiger partial charge is 0.467 e. The summed E-state index contributed by atoms with van der Waals surface area (Å²) < 4.78 is 26.8. The Morgan fingerprint density at radius 2 is 2.17 bits per heavy atom. The van der Waals surface area contributed by atoms with E-state index in [0.717, 1.165) is 4.47 Å². The fraction of sp³-hybridized carbons (Fsp3) is 0.176. The van der Waals surface area contributed by atoms with Gasteiger partial charge in [0.05, 0.1) is 30.4 Å². The molecular formula is C17H12BrFN2O3. The molecule has 0 saturated carbocycles. The lowest BCUT2D eigenvalue weighted by molar-refractivity contribution is -0.0173. The van der Waals surface area contributed by atoms with Crippen molar-refractivity contribution in [1.82, 2.24) is 9.55 Å². The molecule has 0 bridgehead atoms. The standard InChI is InChI=1S/C17H12BrFN2O3/c18-12-1-2-15-14(5-12)17(22)21(8-20-15)6-10-3-13(19)4-11-7-23-9-24-16(10)11/h1-5,8H,6-7,9H2. The first-order chi connectivity index (χ1) is 11.6. The van der Waals surface area contributed by atoms with Crippen LogP contribution in [0.25, 0.3) is 10.9 Å². The lowest BCUT2D eigenvalue weighted by Gasteiger charge is -2.21. The summed E-state index contributed by atoms with van der Waals surface area (Å²) in [6, 6.07) is 8.09. The Kier molecular flexibility index (Phi) is 3.82. The van der Waals surface area contributed by atoms with Gasteiger partial charge in [-0.3, -0.25) is 9.36 Å². The highest BCUT2D eigenvalue weighted by Gasteiger charge is 2.18. The summed E-state index contributed by atoms with van der Waals surface area (Å²) in [6.45, 7) is 0.579. The number of rotatable bonds is 2. The number of aromatic nitrogens is 2. The second kappa shape index (κ2) is 5.99. The van der Waals surface area contributed by atoms with Crippen LogP contribution in [-0.2, 0) is 17.9 Å². The normalized spacial score (nSPS) is 13.6. The van der Waals surface area contributed by atoms with Gasteiger partial charge >= 0.3 is 0 Å². The molecule has 1 aromatic heterocycles. The molecule has 2 heterocycles. The number of nitrogens with zero attached hydrogens (tertiary/aromatic N) is 2. The SMILES string of the molecule is O=c1c2cc(Br)ccc2ncn1Cc1cc(F)cc2c1OCOC2. The summed E-state index contributed by atoms with van der Waals surface area (Å²) in [4.78, 5) is 17.0.